The van der Waals surface area contributed by atoms with E-state index >= 15 is 0 Å². The van der Waals surface area contributed by atoms with Gasteiger partial charge in [0.1, 0.15) is 5.60 Å². The molecular formula is C15H20O3. The Balaban J connectivity index is 2.37. The van der Waals surface area contributed by atoms with E-state index in [1.165, 1.54) is 12.8 Å². The molecule has 0 N–H and O–H groups in total. The first-order valence-electron chi connectivity index (χ1n) is 6.43. The molecule has 1 aliphatic carbocycles. The summed E-state index contributed by atoms with van der Waals surface area (Å²) in [6.07, 6.45) is 4.42. The van der Waals surface area contributed by atoms with Crippen LogP contribution in [0.15, 0.2) is 18.2 Å². The second-order valence-electron chi connectivity index (χ2n) is 5.15. The first kappa shape index (κ1) is 12.9. The molecule has 98 valence electrons. The summed E-state index contributed by atoms with van der Waals surface area (Å²) in [6.45, 7) is 3.66. The van der Waals surface area contributed by atoms with Crippen molar-refractivity contribution in [3.8, 4) is 11.5 Å². The van der Waals surface area contributed by atoms with E-state index in [9.17, 15) is 4.79 Å². The van der Waals surface area contributed by atoms with Crippen LogP contribution in [0.25, 0.3) is 0 Å². The molecule has 0 aromatic heterocycles. The van der Waals surface area contributed by atoms with Gasteiger partial charge in [-0.3, -0.25) is 4.79 Å². The molecule has 1 aromatic rings. The smallest absolute Gasteiger partial charge is 0.172 e. The quantitative estimate of drug-likeness (QED) is 0.763. The van der Waals surface area contributed by atoms with Gasteiger partial charge in [-0.05, 0) is 51.7 Å². The molecule has 1 aliphatic rings. The first-order chi connectivity index (χ1) is 8.56. The zero-order chi connectivity index (χ0) is 13.2. The lowest BCUT2D eigenvalue weighted by Crippen LogP contribution is -2.29. The maximum Gasteiger partial charge on any atom is 0.172 e. The minimum atomic E-state index is -0.168. The molecule has 0 atom stereocenters. The van der Waals surface area contributed by atoms with Crippen molar-refractivity contribution in [1.29, 1.82) is 0 Å². The van der Waals surface area contributed by atoms with Crippen LogP contribution < -0.4 is 9.47 Å². The van der Waals surface area contributed by atoms with Crippen LogP contribution in [0.4, 0.5) is 0 Å². The van der Waals surface area contributed by atoms with Crippen LogP contribution in [-0.2, 0) is 0 Å². The van der Waals surface area contributed by atoms with E-state index in [2.05, 4.69) is 6.92 Å². The molecule has 1 saturated carbocycles. The standard InChI is InChI=1S/C15H20O3/c1-11(16)12-7-6-8-13(17-3)14(12)18-15(2)9-4-5-10-15/h6-8H,4-5,9-10H2,1-3H3. The average molecular weight is 248 g/mol. The van der Waals surface area contributed by atoms with E-state index in [1.54, 1.807) is 20.1 Å². The lowest BCUT2D eigenvalue weighted by atomic mass is 10.0. The van der Waals surface area contributed by atoms with Crippen molar-refractivity contribution in [2.24, 2.45) is 0 Å². The Morgan fingerprint density at radius 3 is 2.50 bits per heavy atom. The molecule has 3 nitrogen and oxygen atoms in total. The molecule has 2 rings (SSSR count). The number of carbonyl (C=O) groups is 1. The van der Waals surface area contributed by atoms with Crippen LogP contribution in [0.3, 0.4) is 0 Å². The number of para-hydroxylation sites is 1. The largest absolute Gasteiger partial charge is 0.493 e. The SMILES string of the molecule is COc1cccc(C(C)=O)c1OC1(C)CCCC1. The highest BCUT2D eigenvalue weighted by molar-refractivity contribution is 5.97. The third-order valence-corrected chi connectivity index (χ3v) is 3.59. The van der Waals surface area contributed by atoms with Gasteiger partial charge in [-0.15, -0.1) is 0 Å². The second kappa shape index (κ2) is 5.01. The van der Waals surface area contributed by atoms with Crippen molar-refractivity contribution in [2.45, 2.75) is 45.1 Å². The van der Waals surface area contributed by atoms with Gasteiger partial charge >= 0.3 is 0 Å². The molecule has 0 amide bonds. The first-order valence-corrected chi connectivity index (χ1v) is 6.43. The lowest BCUT2D eigenvalue weighted by Gasteiger charge is -2.27. The summed E-state index contributed by atoms with van der Waals surface area (Å²) in [5.41, 5.74) is 0.432. The van der Waals surface area contributed by atoms with Gasteiger partial charge in [0, 0.05) is 0 Å². The maximum atomic E-state index is 11.7. The zero-order valence-corrected chi connectivity index (χ0v) is 11.3. The molecule has 0 spiro atoms. The molecule has 0 saturated heterocycles. The van der Waals surface area contributed by atoms with Gasteiger partial charge in [0.15, 0.2) is 17.3 Å². The van der Waals surface area contributed by atoms with Crippen LogP contribution in [0, 0.1) is 0 Å². The molecule has 0 aliphatic heterocycles. The fourth-order valence-electron chi connectivity index (χ4n) is 2.53. The summed E-state index contributed by atoms with van der Waals surface area (Å²) in [7, 11) is 1.60. The van der Waals surface area contributed by atoms with Gasteiger partial charge in [-0.2, -0.15) is 0 Å². The van der Waals surface area contributed by atoms with Gasteiger partial charge in [0.05, 0.1) is 12.7 Å². The number of hydrogen-bond acceptors (Lipinski definition) is 3. The summed E-state index contributed by atoms with van der Waals surface area (Å²) >= 11 is 0. The Labute approximate surface area is 108 Å². The van der Waals surface area contributed by atoms with E-state index in [1.807, 2.05) is 12.1 Å². The van der Waals surface area contributed by atoms with Crippen molar-refractivity contribution in [2.75, 3.05) is 7.11 Å². The summed E-state index contributed by atoms with van der Waals surface area (Å²) in [6, 6.07) is 5.44. The zero-order valence-electron chi connectivity index (χ0n) is 11.3. The highest BCUT2D eigenvalue weighted by Gasteiger charge is 2.32. The topological polar surface area (TPSA) is 35.5 Å². The number of Topliss-reactive ketones (excluding diaryl/α,β-unsaturated/α-hetero) is 1. The van der Waals surface area contributed by atoms with E-state index < -0.39 is 0 Å². The third-order valence-electron chi connectivity index (χ3n) is 3.59. The number of methoxy groups -OCH3 is 1. The van der Waals surface area contributed by atoms with Gasteiger partial charge in [-0.1, -0.05) is 6.07 Å². The number of benzene rings is 1. The highest BCUT2D eigenvalue weighted by atomic mass is 16.5. The van der Waals surface area contributed by atoms with Crippen molar-refractivity contribution in [3.05, 3.63) is 23.8 Å². The van der Waals surface area contributed by atoms with Crippen LogP contribution in [0.5, 0.6) is 11.5 Å². The highest BCUT2D eigenvalue weighted by Crippen LogP contribution is 2.39. The maximum absolute atomic E-state index is 11.7. The summed E-state index contributed by atoms with van der Waals surface area (Å²) < 4.78 is 11.4. The Kier molecular flexibility index (Phi) is 3.60. The molecule has 0 heterocycles. The fraction of sp³-hybridized carbons (Fsp3) is 0.533. The van der Waals surface area contributed by atoms with Crippen molar-refractivity contribution in [1.82, 2.24) is 0 Å². The molecule has 0 unspecified atom stereocenters. The Morgan fingerprint density at radius 1 is 1.28 bits per heavy atom. The molecule has 18 heavy (non-hydrogen) atoms. The van der Waals surface area contributed by atoms with Gasteiger partial charge in [-0.25, -0.2) is 0 Å². The van der Waals surface area contributed by atoms with Crippen LogP contribution in [-0.4, -0.2) is 18.5 Å². The summed E-state index contributed by atoms with van der Waals surface area (Å²) in [5.74, 6) is 1.23. The summed E-state index contributed by atoms with van der Waals surface area (Å²) in [4.78, 5) is 11.7. The van der Waals surface area contributed by atoms with Gasteiger partial charge < -0.3 is 9.47 Å². The molecule has 0 bridgehead atoms. The van der Waals surface area contributed by atoms with E-state index in [0.717, 1.165) is 12.8 Å². The molecule has 1 fully saturated rings. The summed E-state index contributed by atoms with van der Waals surface area (Å²) in [5, 5.41) is 0. The van der Waals surface area contributed by atoms with E-state index in [0.29, 0.717) is 17.1 Å². The van der Waals surface area contributed by atoms with Crippen molar-refractivity contribution < 1.29 is 14.3 Å². The number of ether oxygens (including phenoxy) is 2. The van der Waals surface area contributed by atoms with E-state index in [4.69, 9.17) is 9.47 Å². The second-order valence-corrected chi connectivity index (χ2v) is 5.15. The van der Waals surface area contributed by atoms with Crippen LogP contribution in [0.1, 0.15) is 49.9 Å². The van der Waals surface area contributed by atoms with Gasteiger partial charge in [0.2, 0.25) is 0 Å². The normalized spacial score (nSPS) is 17.5. The molecule has 1 aromatic carbocycles. The average Bonchev–Trinajstić information content (AvgIpc) is 2.76. The predicted molar refractivity (Wildman–Crippen MR) is 70.5 cm³/mol. The minimum Gasteiger partial charge on any atom is -0.493 e. The number of ketones is 1. The lowest BCUT2D eigenvalue weighted by molar-refractivity contribution is 0.0874. The number of rotatable bonds is 4. The number of hydrogen-bond donors (Lipinski definition) is 0. The van der Waals surface area contributed by atoms with Crippen molar-refractivity contribution >= 4 is 5.78 Å². The van der Waals surface area contributed by atoms with E-state index in [-0.39, 0.29) is 11.4 Å². The Bertz CT molecular complexity index is 445. The monoisotopic (exact) mass is 248 g/mol. The molecular weight excluding hydrogens is 228 g/mol. The Hall–Kier alpha value is -1.51. The fourth-order valence-corrected chi connectivity index (χ4v) is 2.53. The van der Waals surface area contributed by atoms with Crippen LogP contribution >= 0.6 is 0 Å². The third kappa shape index (κ3) is 2.50. The van der Waals surface area contributed by atoms with Crippen molar-refractivity contribution in [3.63, 3.8) is 0 Å². The predicted octanol–water partition coefficient (Wildman–Crippen LogP) is 3.61. The van der Waals surface area contributed by atoms with Gasteiger partial charge in [0.25, 0.3) is 0 Å². The number of carbonyl (C=O) groups excluding carboxylic acids is 1. The Morgan fingerprint density at radius 2 is 1.94 bits per heavy atom. The molecule has 0 radical (unpaired) electrons. The van der Waals surface area contributed by atoms with Crippen LogP contribution in [0.2, 0.25) is 0 Å². The molecule has 3 heteroatoms. The minimum absolute atomic E-state index is 0.00509.